The number of ketones is 1. The van der Waals surface area contributed by atoms with Gasteiger partial charge in [0, 0.05) is 38.3 Å². The Kier molecular flexibility index (Phi) is 9.48. The Morgan fingerprint density at radius 2 is 1.79 bits per heavy atom. The van der Waals surface area contributed by atoms with Gasteiger partial charge in [-0.2, -0.15) is 0 Å². The molecular formula is C42H61N3O7. The summed E-state index contributed by atoms with van der Waals surface area (Å²) in [7, 11) is 0. The number of hydrogen-bond acceptors (Lipinski definition) is 10. The van der Waals surface area contributed by atoms with Crippen LogP contribution >= 0.6 is 0 Å². The summed E-state index contributed by atoms with van der Waals surface area (Å²) >= 11 is 0. The van der Waals surface area contributed by atoms with E-state index in [1.54, 1.807) is 18.5 Å². The fourth-order valence-electron chi connectivity index (χ4n) is 12.7. The van der Waals surface area contributed by atoms with Crippen molar-refractivity contribution in [1.29, 1.82) is 0 Å². The molecule has 9 rings (SSSR count). The highest BCUT2D eigenvalue weighted by Crippen LogP contribution is 2.80. The number of allylic oxidation sites excluding steroid dienone is 1. The fraction of sp³-hybridized carbons (Fsp3) is 0.762. The van der Waals surface area contributed by atoms with Crippen molar-refractivity contribution in [3.8, 4) is 5.75 Å². The third-order valence-electron chi connectivity index (χ3n) is 15.5. The zero-order chi connectivity index (χ0) is 36.6. The first-order valence-electron chi connectivity index (χ1n) is 20.3. The molecule has 0 bridgehead atoms. The number of rotatable bonds is 7. The maximum atomic E-state index is 14.8. The molecule has 286 valence electrons. The first-order valence-corrected chi connectivity index (χ1v) is 20.3. The van der Waals surface area contributed by atoms with E-state index in [9.17, 15) is 14.7 Å². The lowest BCUT2D eigenvalue weighted by atomic mass is 9.43. The van der Waals surface area contributed by atoms with Gasteiger partial charge in [-0.15, -0.1) is 0 Å². The molecule has 0 radical (unpaired) electrons. The predicted molar refractivity (Wildman–Crippen MR) is 197 cm³/mol. The average molecular weight is 720 g/mol. The lowest BCUT2D eigenvalue weighted by Crippen LogP contribution is -2.60. The summed E-state index contributed by atoms with van der Waals surface area (Å²) in [5, 5.41) is 11.8. The first kappa shape index (κ1) is 36.3. The second-order valence-corrected chi connectivity index (χ2v) is 17.5. The van der Waals surface area contributed by atoms with Gasteiger partial charge in [0.05, 0.1) is 56.1 Å². The van der Waals surface area contributed by atoms with Crippen molar-refractivity contribution in [2.75, 3.05) is 46.1 Å². The Morgan fingerprint density at radius 3 is 2.46 bits per heavy atom. The SMILES string of the molecule is CC.CC1=C(CN2CCOCC2)C(=O)OC([C@@H](C)[C@H]2CC[C@H]3[C@@H]4CC5C[C@]56[C@@H](O)C=C(c5ncc(OC7COC7)cn5)C(=O)[C@]6(C)[C@H]4CC[C@]23C)C1.[HH]. The van der Waals surface area contributed by atoms with Gasteiger partial charge >= 0.3 is 5.97 Å². The third-order valence-corrected chi connectivity index (χ3v) is 15.5. The van der Waals surface area contributed by atoms with E-state index in [1.807, 2.05) is 13.8 Å². The van der Waals surface area contributed by atoms with E-state index in [0.29, 0.717) is 73.8 Å². The van der Waals surface area contributed by atoms with Gasteiger partial charge in [-0.1, -0.05) is 40.2 Å². The van der Waals surface area contributed by atoms with Crippen LogP contribution < -0.4 is 4.74 Å². The normalized spacial score (nSPS) is 41.9. The second-order valence-electron chi connectivity index (χ2n) is 17.5. The van der Waals surface area contributed by atoms with Crippen LogP contribution in [0.2, 0.25) is 0 Å². The lowest BCUT2D eigenvalue weighted by Gasteiger charge is -2.60. The topological polar surface area (TPSA) is 120 Å². The molecule has 1 aromatic heterocycles. The summed E-state index contributed by atoms with van der Waals surface area (Å²) in [4.78, 5) is 39.7. The Morgan fingerprint density at radius 1 is 1.06 bits per heavy atom. The number of carbonyl (C=O) groups excluding carboxylic acids is 2. The maximum Gasteiger partial charge on any atom is 0.335 e. The molecule has 3 aliphatic heterocycles. The highest BCUT2D eigenvalue weighted by atomic mass is 16.6. The molecule has 0 aromatic carbocycles. The van der Waals surface area contributed by atoms with Crippen molar-refractivity contribution in [3.05, 3.63) is 35.4 Å². The minimum atomic E-state index is -0.687. The van der Waals surface area contributed by atoms with Crippen molar-refractivity contribution < 1.29 is 35.1 Å². The maximum absolute atomic E-state index is 14.8. The van der Waals surface area contributed by atoms with Gasteiger partial charge in [-0.05, 0) is 92.4 Å². The van der Waals surface area contributed by atoms with Gasteiger partial charge in [-0.25, -0.2) is 14.8 Å². The monoisotopic (exact) mass is 719 g/mol. The first-order chi connectivity index (χ1) is 25.0. The van der Waals surface area contributed by atoms with E-state index in [1.165, 1.54) is 5.57 Å². The van der Waals surface area contributed by atoms with Crippen LogP contribution in [0.3, 0.4) is 0 Å². The van der Waals surface area contributed by atoms with E-state index >= 15 is 0 Å². The smallest absolute Gasteiger partial charge is 0.335 e. The Bertz CT molecular complexity index is 1620. The number of Topliss-reactive ketones (excluding diaryl/α,β-unsaturated/α-hetero) is 1. The molecule has 8 aliphatic rings. The fourth-order valence-corrected chi connectivity index (χ4v) is 12.7. The average Bonchev–Trinajstić information content (AvgIpc) is 3.77. The van der Waals surface area contributed by atoms with Crippen LogP contribution in [0, 0.1) is 51.8 Å². The molecule has 4 heterocycles. The minimum Gasteiger partial charge on any atom is -0.482 e. The van der Waals surface area contributed by atoms with Crippen LogP contribution in [-0.2, 0) is 23.8 Å². The van der Waals surface area contributed by atoms with Crippen LogP contribution in [0.4, 0.5) is 0 Å². The summed E-state index contributed by atoms with van der Waals surface area (Å²) in [5.41, 5.74) is 1.55. The number of cyclic esters (lactones) is 1. The van der Waals surface area contributed by atoms with Crippen LogP contribution in [0.1, 0.15) is 93.7 Å². The van der Waals surface area contributed by atoms with E-state index < -0.39 is 11.5 Å². The molecule has 11 atom stereocenters. The number of esters is 1. The molecule has 2 saturated heterocycles. The molecule has 4 saturated carbocycles. The number of aromatic nitrogens is 2. The molecular weight excluding hydrogens is 658 g/mol. The van der Waals surface area contributed by atoms with Gasteiger partial charge in [-0.3, -0.25) is 9.69 Å². The van der Waals surface area contributed by atoms with Gasteiger partial charge in [0.2, 0.25) is 0 Å². The van der Waals surface area contributed by atoms with Gasteiger partial charge in [0.1, 0.15) is 12.2 Å². The van der Waals surface area contributed by atoms with E-state index in [4.69, 9.17) is 18.9 Å². The predicted octanol–water partition coefficient (Wildman–Crippen LogP) is 5.93. The van der Waals surface area contributed by atoms with Crippen molar-refractivity contribution >= 4 is 17.3 Å². The number of hydrogen-bond donors (Lipinski definition) is 1. The zero-order valence-corrected chi connectivity index (χ0v) is 32.1. The van der Waals surface area contributed by atoms with Gasteiger partial charge in [0.25, 0.3) is 0 Å². The molecule has 10 heteroatoms. The summed E-state index contributed by atoms with van der Waals surface area (Å²) < 4.78 is 22.9. The van der Waals surface area contributed by atoms with Crippen molar-refractivity contribution in [3.63, 3.8) is 0 Å². The molecule has 52 heavy (non-hydrogen) atoms. The van der Waals surface area contributed by atoms with Crippen LogP contribution in [0.15, 0.2) is 29.6 Å². The zero-order valence-electron chi connectivity index (χ0n) is 32.1. The summed E-state index contributed by atoms with van der Waals surface area (Å²) in [6.45, 7) is 18.0. The van der Waals surface area contributed by atoms with Gasteiger partial charge in [0.15, 0.2) is 17.4 Å². The molecule has 1 N–H and O–H groups in total. The second kappa shape index (κ2) is 13.6. The highest BCUT2D eigenvalue weighted by molar-refractivity contribution is 6.24. The number of ether oxygens (including phenoxy) is 4. The molecule has 5 aliphatic carbocycles. The van der Waals surface area contributed by atoms with Crippen molar-refractivity contribution in [2.45, 2.75) is 105 Å². The van der Waals surface area contributed by atoms with Gasteiger partial charge < -0.3 is 24.1 Å². The van der Waals surface area contributed by atoms with Crippen LogP contribution in [0.5, 0.6) is 5.75 Å². The molecule has 2 unspecified atom stereocenters. The molecule has 1 spiro atoms. The minimum absolute atomic E-state index is 0. The number of aliphatic hydroxyl groups is 1. The standard InChI is InChI=1S/C40H53N3O7.C2H6.H2/c1-22-13-33(50-37(46)29(22)19-43-9-11-47-12-10-43)23(2)30-5-6-31-27-14-24-16-40(24)34(44)15-28(35(45)39(40,4)32(27)7-8-38(30,31)3)36-41-17-25(18-42-36)49-26-20-48-21-26;1-2;/h15,17-18,23-24,26-27,30-34,44H,5-14,16,19-21H2,1-4H3;1-2H3;1H/t23-,24?,27-,30+,31-,32-,33?,34-,38+,39-,40+;;/m0../s1. The van der Waals surface area contributed by atoms with E-state index in [-0.39, 0.29) is 48.1 Å². The van der Waals surface area contributed by atoms with E-state index in [0.717, 1.165) is 63.6 Å². The Labute approximate surface area is 310 Å². The number of aliphatic hydroxyl groups excluding tert-OH is 1. The molecule has 0 amide bonds. The number of morpholine rings is 1. The number of fused-ring (bicyclic) bond motifs is 4. The summed E-state index contributed by atoms with van der Waals surface area (Å²) in [6.07, 6.45) is 11.4. The third kappa shape index (κ3) is 5.47. The van der Waals surface area contributed by atoms with E-state index in [2.05, 4.69) is 42.6 Å². The quantitative estimate of drug-likeness (QED) is 0.340. The molecule has 10 nitrogen and oxygen atoms in total. The lowest BCUT2D eigenvalue weighted by molar-refractivity contribution is -0.161. The Hall–Kier alpha value is -2.66. The molecule has 1 aromatic rings. The number of nitrogens with zero attached hydrogens (tertiary/aromatic N) is 3. The van der Waals surface area contributed by atoms with Crippen molar-refractivity contribution in [1.82, 2.24) is 14.9 Å². The number of carbonyl (C=O) groups is 2. The van der Waals surface area contributed by atoms with Crippen molar-refractivity contribution in [2.24, 2.45) is 51.8 Å². The largest absolute Gasteiger partial charge is 0.482 e. The summed E-state index contributed by atoms with van der Waals surface area (Å²) in [5.74, 6) is 3.14. The summed E-state index contributed by atoms with van der Waals surface area (Å²) in [6, 6.07) is 0. The van der Waals surface area contributed by atoms with Crippen LogP contribution in [0.25, 0.3) is 5.57 Å². The Balaban J connectivity index is 0.00000143. The highest BCUT2D eigenvalue weighted by Gasteiger charge is 2.78. The molecule has 6 fully saturated rings. The van der Waals surface area contributed by atoms with Crippen LogP contribution in [-0.4, -0.2) is 96.1 Å².